The molecule has 84 valence electrons. The summed E-state index contributed by atoms with van der Waals surface area (Å²) in [5.41, 5.74) is 0. The molecule has 0 spiro atoms. The highest BCUT2D eigenvalue weighted by atomic mass is 35.5. The third-order valence-corrected chi connectivity index (χ3v) is 2.52. The first kappa shape index (κ1) is 11.1. The molecule has 2 heterocycles. The lowest BCUT2D eigenvalue weighted by Crippen LogP contribution is -2.05. The average Bonchev–Trinajstić information content (AvgIpc) is 2.76. The van der Waals surface area contributed by atoms with E-state index in [9.17, 15) is 0 Å². The zero-order valence-corrected chi connectivity index (χ0v) is 10.1. The third-order valence-electron chi connectivity index (χ3n) is 2.32. The van der Waals surface area contributed by atoms with Crippen molar-refractivity contribution >= 4 is 11.6 Å². The number of halogens is 1. The quantitative estimate of drug-likeness (QED) is 0.769. The van der Waals surface area contributed by atoms with E-state index >= 15 is 0 Å². The van der Waals surface area contributed by atoms with E-state index in [-0.39, 0.29) is 0 Å². The van der Waals surface area contributed by atoms with Crippen LogP contribution in [0.2, 0.25) is 5.15 Å². The molecule has 0 unspecified atom stereocenters. The highest BCUT2D eigenvalue weighted by Gasteiger charge is 2.07. The largest absolute Gasteiger partial charge is 0.288 e. The van der Waals surface area contributed by atoms with Gasteiger partial charge in [0.1, 0.15) is 22.6 Å². The van der Waals surface area contributed by atoms with E-state index in [0.29, 0.717) is 5.15 Å². The number of rotatable bonds is 3. The molecule has 0 radical (unpaired) electrons. The van der Waals surface area contributed by atoms with Crippen molar-refractivity contribution in [3.63, 3.8) is 0 Å². The molecule has 2 aromatic rings. The fourth-order valence-electron chi connectivity index (χ4n) is 1.54. The van der Waals surface area contributed by atoms with E-state index in [1.54, 1.807) is 12.3 Å². The molecule has 0 fully saturated rings. The first-order chi connectivity index (χ1) is 7.74. The molecule has 0 N–H and O–H groups in total. The summed E-state index contributed by atoms with van der Waals surface area (Å²) < 4.78 is 1.94. The normalized spacial score (nSPS) is 10.7. The van der Waals surface area contributed by atoms with Crippen molar-refractivity contribution in [2.24, 2.45) is 0 Å². The van der Waals surface area contributed by atoms with Crippen molar-refractivity contribution in [1.29, 1.82) is 0 Å². The van der Waals surface area contributed by atoms with Crippen LogP contribution in [-0.2, 0) is 12.8 Å². The second-order valence-electron chi connectivity index (χ2n) is 3.39. The molecule has 2 rings (SSSR count). The van der Waals surface area contributed by atoms with Gasteiger partial charge in [0.05, 0.1) is 0 Å². The molecule has 4 nitrogen and oxygen atoms in total. The minimum Gasteiger partial charge on any atom is -0.288 e. The van der Waals surface area contributed by atoms with Crippen LogP contribution in [0.5, 0.6) is 0 Å². The number of hydrogen-bond donors (Lipinski definition) is 0. The Morgan fingerprint density at radius 3 is 2.75 bits per heavy atom. The molecule has 0 saturated heterocycles. The first-order valence-corrected chi connectivity index (χ1v) is 5.68. The Morgan fingerprint density at radius 2 is 2.06 bits per heavy atom. The molecular weight excluding hydrogens is 224 g/mol. The molecule has 0 aliphatic carbocycles. The van der Waals surface area contributed by atoms with Crippen molar-refractivity contribution in [3.8, 4) is 5.82 Å². The van der Waals surface area contributed by atoms with Crippen LogP contribution >= 0.6 is 11.6 Å². The highest BCUT2D eigenvalue weighted by molar-refractivity contribution is 6.29. The van der Waals surface area contributed by atoms with Gasteiger partial charge >= 0.3 is 0 Å². The van der Waals surface area contributed by atoms with Gasteiger partial charge in [0.2, 0.25) is 0 Å². The van der Waals surface area contributed by atoms with Crippen molar-refractivity contribution in [1.82, 2.24) is 19.5 Å². The fraction of sp³-hybridized carbons (Fsp3) is 0.364. The van der Waals surface area contributed by atoms with Crippen LogP contribution in [-0.4, -0.2) is 19.5 Å². The summed E-state index contributed by atoms with van der Waals surface area (Å²) in [4.78, 5) is 12.8. The van der Waals surface area contributed by atoms with E-state index in [2.05, 4.69) is 21.9 Å². The SMILES string of the molecule is CCc1nc(Cl)cc(-n2ccnc2CC)n1. The maximum absolute atomic E-state index is 5.96. The molecule has 0 aliphatic heterocycles. The van der Waals surface area contributed by atoms with Gasteiger partial charge in [0.25, 0.3) is 0 Å². The first-order valence-electron chi connectivity index (χ1n) is 5.30. The molecule has 0 bridgehead atoms. The standard InChI is InChI=1S/C11H13ClN4/c1-3-9-14-8(12)7-11(15-9)16-6-5-13-10(16)4-2/h5-7H,3-4H2,1-2H3. The summed E-state index contributed by atoms with van der Waals surface area (Å²) in [5, 5.41) is 0.470. The molecule has 0 saturated carbocycles. The Bertz CT molecular complexity index is 492. The maximum atomic E-state index is 5.96. The maximum Gasteiger partial charge on any atom is 0.143 e. The lowest BCUT2D eigenvalue weighted by molar-refractivity contribution is 0.835. The zero-order valence-electron chi connectivity index (χ0n) is 9.31. The van der Waals surface area contributed by atoms with Crippen LogP contribution in [0, 0.1) is 0 Å². The molecular formula is C11H13ClN4. The molecule has 16 heavy (non-hydrogen) atoms. The number of hydrogen-bond acceptors (Lipinski definition) is 3. The van der Waals surface area contributed by atoms with Gasteiger partial charge in [0, 0.05) is 31.3 Å². The van der Waals surface area contributed by atoms with Gasteiger partial charge in [-0.2, -0.15) is 0 Å². The number of nitrogens with zero attached hydrogens (tertiary/aromatic N) is 4. The van der Waals surface area contributed by atoms with Crippen molar-refractivity contribution in [3.05, 3.63) is 35.3 Å². The molecule has 2 aromatic heterocycles. The Labute approximate surface area is 99.3 Å². The van der Waals surface area contributed by atoms with Crippen LogP contribution in [0.1, 0.15) is 25.5 Å². The van der Waals surface area contributed by atoms with E-state index in [1.165, 1.54) is 0 Å². The number of imidazole rings is 1. The molecule has 0 atom stereocenters. The lowest BCUT2D eigenvalue weighted by Gasteiger charge is -2.07. The second-order valence-corrected chi connectivity index (χ2v) is 3.77. The Kier molecular flexibility index (Phi) is 3.19. The zero-order chi connectivity index (χ0) is 11.5. The smallest absolute Gasteiger partial charge is 0.143 e. The fourth-order valence-corrected chi connectivity index (χ4v) is 1.73. The van der Waals surface area contributed by atoms with Crippen LogP contribution < -0.4 is 0 Å². The summed E-state index contributed by atoms with van der Waals surface area (Å²) in [5.74, 6) is 2.50. The van der Waals surface area contributed by atoms with Crippen LogP contribution in [0.15, 0.2) is 18.5 Å². The van der Waals surface area contributed by atoms with E-state index in [0.717, 1.165) is 30.3 Å². The second kappa shape index (κ2) is 4.61. The predicted octanol–water partition coefficient (Wildman–Crippen LogP) is 2.44. The Balaban J connectivity index is 2.51. The summed E-state index contributed by atoms with van der Waals surface area (Å²) in [6.45, 7) is 4.06. The van der Waals surface area contributed by atoms with Crippen molar-refractivity contribution in [2.75, 3.05) is 0 Å². The Hall–Kier alpha value is -1.42. The van der Waals surface area contributed by atoms with Gasteiger partial charge in [-0.05, 0) is 0 Å². The van der Waals surface area contributed by atoms with Gasteiger partial charge in [-0.1, -0.05) is 25.4 Å². The molecule has 0 aromatic carbocycles. The van der Waals surface area contributed by atoms with E-state index in [1.807, 2.05) is 17.7 Å². The van der Waals surface area contributed by atoms with Gasteiger partial charge < -0.3 is 0 Å². The van der Waals surface area contributed by atoms with Gasteiger partial charge in [-0.25, -0.2) is 15.0 Å². The third kappa shape index (κ3) is 2.07. The molecule has 0 amide bonds. The topological polar surface area (TPSA) is 43.6 Å². The van der Waals surface area contributed by atoms with Gasteiger partial charge in [-0.3, -0.25) is 4.57 Å². The van der Waals surface area contributed by atoms with E-state index < -0.39 is 0 Å². The number of aryl methyl sites for hydroxylation is 2. The van der Waals surface area contributed by atoms with Crippen LogP contribution in [0.25, 0.3) is 5.82 Å². The van der Waals surface area contributed by atoms with Crippen molar-refractivity contribution < 1.29 is 0 Å². The Morgan fingerprint density at radius 1 is 1.25 bits per heavy atom. The van der Waals surface area contributed by atoms with Crippen LogP contribution in [0.4, 0.5) is 0 Å². The van der Waals surface area contributed by atoms with Crippen molar-refractivity contribution in [2.45, 2.75) is 26.7 Å². The summed E-state index contributed by atoms with van der Waals surface area (Å²) in [6, 6.07) is 1.75. The van der Waals surface area contributed by atoms with Gasteiger partial charge in [0.15, 0.2) is 0 Å². The molecule has 0 aliphatic rings. The van der Waals surface area contributed by atoms with E-state index in [4.69, 9.17) is 11.6 Å². The summed E-state index contributed by atoms with van der Waals surface area (Å²) in [7, 11) is 0. The minimum absolute atomic E-state index is 0.470. The predicted molar refractivity (Wildman–Crippen MR) is 62.9 cm³/mol. The highest BCUT2D eigenvalue weighted by Crippen LogP contribution is 2.13. The minimum atomic E-state index is 0.470. The number of aromatic nitrogens is 4. The average molecular weight is 237 g/mol. The summed E-state index contributed by atoms with van der Waals surface area (Å²) >= 11 is 5.96. The molecule has 5 heteroatoms. The summed E-state index contributed by atoms with van der Waals surface area (Å²) in [6.07, 6.45) is 5.27. The van der Waals surface area contributed by atoms with Gasteiger partial charge in [-0.15, -0.1) is 0 Å². The van der Waals surface area contributed by atoms with Crippen LogP contribution in [0.3, 0.4) is 0 Å². The lowest BCUT2D eigenvalue weighted by atomic mass is 10.4. The monoisotopic (exact) mass is 236 g/mol.